The first-order valence-corrected chi connectivity index (χ1v) is 11.2. The van der Waals surface area contributed by atoms with E-state index in [1.54, 1.807) is 4.31 Å². The van der Waals surface area contributed by atoms with E-state index in [0.717, 1.165) is 25.3 Å². The Labute approximate surface area is 152 Å². The van der Waals surface area contributed by atoms with Crippen LogP contribution in [-0.2, 0) is 14.8 Å². The van der Waals surface area contributed by atoms with E-state index in [1.807, 2.05) is 20.8 Å². The summed E-state index contributed by atoms with van der Waals surface area (Å²) in [6.45, 7) is 7.73. The van der Waals surface area contributed by atoms with E-state index in [2.05, 4.69) is 15.6 Å². The fourth-order valence-electron chi connectivity index (χ4n) is 3.52. The number of guanidine groups is 1. The van der Waals surface area contributed by atoms with Crippen molar-refractivity contribution in [1.29, 1.82) is 0 Å². The molecule has 1 saturated heterocycles. The lowest BCUT2D eigenvalue weighted by molar-refractivity contribution is -0.0440. The lowest BCUT2D eigenvalue weighted by Crippen LogP contribution is -2.49. The van der Waals surface area contributed by atoms with Crippen LogP contribution >= 0.6 is 0 Å². The Bertz CT molecular complexity index is 522. The summed E-state index contributed by atoms with van der Waals surface area (Å²) in [4.78, 5) is 4.48. The molecule has 0 bridgehead atoms. The number of aliphatic imine (C=N–C) groups is 1. The molecule has 1 aliphatic heterocycles. The molecule has 146 valence electrons. The fourth-order valence-corrected chi connectivity index (χ4v) is 4.97. The summed E-state index contributed by atoms with van der Waals surface area (Å²) in [7, 11) is -3.30. The predicted octanol–water partition coefficient (Wildman–Crippen LogP) is 1.31. The molecule has 0 aromatic carbocycles. The summed E-state index contributed by atoms with van der Waals surface area (Å²) >= 11 is 0. The van der Waals surface area contributed by atoms with Crippen molar-refractivity contribution >= 4 is 16.0 Å². The lowest BCUT2D eigenvalue weighted by atomic mass is 9.96. The molecule has 1 aliphatic carbocycles. The van der Waals surface area contributed by atoms with Gasteiger partial charge in [-0.05, 0) is 33.6 Å². The third-order valence-corrected chi connectivity index (χ3v) is 6.47. The summed E-state index contributed by atoms with van der Waals surface area (Å²) in [5, 5.41) is 6.67. The molecule has 1 heterocycles. The van der Waals surface area contributed by atoms with Crippen LogP contribution in [-0.4, -0.2) is 68.9 Å². The molecule has 1 saturated carbocycles. The van der Waals surface area contributed by atoms with Crippen LogP contribution in [0, 0.1) is 0 Å². The third-order valence-electron chi connectivity index (χ3n) is 4.69. The van der Waals surface area contributed by atoms with Gasteiger partial charge in [-0.1, -0.05) is 19.3 Å². The molecule has 8 heteroatoms. The second-order valence-corrected chi connectivity index (χ2v) is 9.22. The van der Waals surface area contributed by atoms with Gasteiger partial charge in [0.25, 0.3) is 0 Å². The monoisotopic (exact) mass is 374 g/mol. The number of rotatable bonds is 6. The normalized spacial score (nSPS) is 27.2. The van der Waals surface area contributed by atoms with Gasteiger partial charge in [-0.25, -0.2) is 8.42 Å². The first kappa shape index (κ1) is 20.5. The molecule has 0 aromatic heterocycles. The molecule has 0 radical (unpaired) electrons. The van der Waals surface area contributed by atoms with Gasteiger partial charge in [0.1, 0.15) is 0 Å². The van der Waals surface area contributed by atoms with Crippen LogP contribution in [0.1, 0.15) is 52.9 Å². The van der Waals surface area contributed by atoms with E-state index in [-0.39, 0.29) is 24.5 Å². The third kappa shape index (κ3) is 6.75. The van der Waals surface area contributed by atoms with Crippen molar-refractivity contribution in [3.8, 4) is 0 Å². The van der Waals surface area contributed by atoms with Crippen LogP contribution in [0.15, 0.2) is 4.99 Å². The highest BCUT2D eigenvalue weighted by molar-refractivity contribution is 7.89. The van der Waals surface area contributed by atoms with Crippen LogP contribution in [0.25, 0.3) is 0 Å². The van der Waals surface area contributed by atoms with E-state index in [1.165, 1.54) is 19.3 Å². The molecule has 2 fully saturated rings. The number of morpholine rings is 1. The number of nitrogens with one attached hydrogen (secondary N) is 2. The Morgan fingerprint density at radius 3 is 2.40 bits per heavy atom. The first-order chi connectivity index (χ1) is 11.9. The molecule has 2 atom stereocenters. The maximum absolute atomic E-state index is 12.6. The van der Waals surface area contributed by atoms with E-state index < -0.39 is 10.0 Å². The van der Waals surface area contributed by atoms with Crippen molar-refractivity contribution in [2.24, 2.45) is 4.99 Å². The van der Waals surface area contributed by atoms with E-state index in [4.69, 9.17) is 4.74 Å². The highest BCUT2D eigenvalue weighted by atomic mass is 32.2. The van der Waals surface area contributed by atoms with Crippen LogP contribution in [0.5, 0.6) is 0 Å². The van der Waals surface area contributed by atoms with Gasteiger partial charge in [-0.2, -0.15) is 4.31 Å². The Hall–Kier alpha value is -0.860. The second kappa shape index (κ2) is 9.73. The van der Waals surface area contributed by atoms with Gasteiger partial charge in [0.15, 0.2) is 5.96 Å². The average molecular weight is 375 g/mol. The molecule has 0 spiro atoms. The van der Waals surface area contributed by atoms with Crippen LogP contribution < -0.4 is 10.6 Å². The highest BCUT2D eigenvalue weighted by Crippen LogP contribution is 2.17. The van der Waals surface area contributed by atoms with Crippen molar-refractivity contribution in [2.45, 2.75) is 71.1 Å². The van der Waals surface area contributed by atoms with E-state index in [0.29, 0.717) is 19.1 Å². The smallest absolute Gasteiger partial charge is 0.216 e. The Morgan fingerprint density at radius 2 is 1.80 bits per heavy atom. The minimum absolute atomic E-state index is 0.0354. The standard InChI is InChI=1S/C17H34N4O3S/c1-4-18-17(20-16-8-6-5-7-9-16)19-10-11-25(22,23)21-12-14(2)24-15(3)13-21/h14-16H,4-13H2,1-3H3,(H2,18,19,20). The maximum atomic E-state index is 12.6. The number of nitrogens with zero attached hydrogens (tertiary/aromatic N) is 2. The number of hydrogen-bond donors (Lipinski definition) is 2. The molecule has 25 heavy (non-hydrogen) atoms. The quantitative estimate of drug-likeness (QED) is 0.541. The van der Waals surface area contributed by atoms with Crippen molar-refractivity contribution in [2.75, 3.05) is 31.9 Å². The van der Waals surface area contributed by atoms with Gasteiger partial charge in [-0.15, -0.1) is 0 Å². The Balaban J connectivity index is 1.88. The topological polar surface area (TPSA) is 83.0 Å². The largest absolute Gasteiger partial charge is 0.373 e. The van der Waals surface area contributed by atoms with Gasteiger partial charge < -0.3 is 15.4 Å². The van der Waals surface area contributed by atoms with Crippen molar-refractivity contribution in [3.05, 3.63) is 0 Å². The molecule has 0 aromatic rings. The van der Waals surface area contributed by atoms with Gasteiger partial charge >= 0.3 is 0 Å². The zero-order chi connectivity index (χ0) is 18.3. The maximum Gasteiger partial charge on any atom is 0.216 e. The molecule has 0 amide bonds. The van der Waals surface area contributed by atoms with Crippen molar-refractivity contribution < 1.29 is 13.2 Å². The predicted molar refractivity (Wildman–Crippen MR) is 101 cm³/mol. The zero-order valence-corrected chi connectivity index (χ0v) is 16.6. The SMILES string of the molecule is CCNC(=NCCS(=O)(=O)N1CC(C)OC(C)C1)NC1CCCCC1. The average Bonchev–Trinajstić information content (AvgIpc) is 2.55. The zero-order valence-electron chi connectivity index (χ0n) is 15.8. The van der Waals surface area contributed by atoms with E-state index >= 15 is 0 Å². The number of hydrogen-bond acceptors (Lipinski definition) is 4. The molecule has 2 unspecified atom stereocenters. The molecule has 7 nitrogen and oxygen atoms in total. The van der Waals surface area contributed by atoms with Crippen LogP contribution in [0.3, 0.4) is 0 Å². The van der Waals surface area contributed by atoms with Crippen molar-refractivity contribution in [3.63, 3.8) is 0 Å². The van der Waals surface area contributed by atoms with Crippen LogP contribution in [0.2, 0.25) is 0 Å². The summed E-state index contributed by atoms with van der Waals surface area (Å²) in [5.74, 6) is 0.765. The highest BCUT2D eigenvalue weighted by Gasteiger charge is 2.30. The first-order valence-electron chi connectivity index (χ1n) is 9.59. The summed E-state index contributed by atoms with van der Waals surface area (Å²) < 4.78 is 32.3. The van der Waals surface area contributed by atoms with Crippen LogP contribution in [0.4, 0.5) is 0 Å². The second-order valence-electron chi connectivity index (χ2n) is 7.13. The molecule has 2 rings (SSSR count). The minimum Gasteiger partial charge on any atom is -0.373 e. The molecular weight excluding hydrogens is 340 g/mol. The summed E-state index contributed by atoms with van der Waals surface area (Å²) in [6, 6.07) is 0.448. The van der Waals surface area contributed by atoms with E-state index in [9.17, 15) is 8.42 Å². The van der Waals surface area contributed by atoms with Crippen molar-refractivity contribution in [1.82, 2.24) is 14.9 Å². The number of ether oxygens (including phenoxy) is 1. The Kier molecular flexibility index (Phi) is 7.96. The van der Waals surface area contributed by atoms with Gasteiger partial charge in [0, 0.05) is 25.7 Å². The summed E-state index contributed by atoms with van der Waals surface area (Å²) in [5.41, 5.74) is 0. The molecular formula is C17H34N4O3S. The Morgan fingerprint density at radius 1 is 1.16 bits per heavy atom. The van der Waals surface area contributed by atoms with Gasteiger partial charge in [-0.3, -0.25) is 4.99 Å². The minimum atomic E-state index is -3.30. The van der Waals surface area contributed by atoms with Gasteiger partial charge in [0.2, 0.25) is 10.0 Å². The summed E-state index contributed by atoms with van der Waals surface area (Å²) in [6.07, 6.45) is 6.00. The molecule has 2 aliphatic rings. The van der Waals surface area contributed by atoms with Gasteiger partial charge in [0.05, 0.1) is 24.5 Å². The lowest BCUT2D eigenvalue weighted by Gasteiger charge is -2.34. The fraction of sp³-hybridized carbons (Fsp3) is 0.941. The number of sulfonamides is 1. The molecule has 2 N–H and O–H groups in total.